The Morgan fingerprint density at radius 3 is 2.86 bits per heavy atom. The second-order valence-corrected chi connectivity index (χ2v) is 3.65. The van der Waals surface area contributed by atoms with Crippen molar-refractivity contribution >= 4 is 17.2 Å². The van der Waals surface area contributed by atoms with Gasteiger partial charge in [0.2, 0.25) is 0 Å². The van der Waals surface area contributed by atoms with Crippen molar-refractivity contribution in [2.45, 2.75) is 20.4 Å². The van der Waals surface area contributed by atoms with Crippen LogP contribution in [-0.4, -0.2) is 10.9 Å². The smallest absolute Gasteiger partial charge is 0.139 e. The Hall–Kier alpha value is -1.57. The van der Waals surface area contributed by atoms with E-state index in [1.165, 1.54) is 16.5 Å². The summed E-state index contributed by atoms with van der Waals surface area (Å²) in [6.07, 6.45) is 2.96. The number of aldehydes is 1. The summed E-state index contributed by atoms with van der Waals surface area (Å²) in [7, 11) is 0. The highest BCUT2D eigenvalue weighted by Gasteiger charge is 2.04. The van der Waals surface area contributed by atoms with E-state index in [9.17, 15) is 4.79 Å². The molecule has 0 spiro atoms. The Balaban J connectivity index is 2.70. The van der Waals surface area contributed by atoms with E-state index in [1.807, 2.05) is 10.8 Å². The van der Waals surface area contributed by atoms with Crippen molar-refractivity contribution in [2.24, 2.45) is 0 Å². The minimum atomic E-state index is 0.438. The van der Waals surface area contributed by atoms with Gasteiger partial charge in [-0.25, -0.2) is 0 Å². The van der Waals surface area contributed by atoms with E-state index in [0.717, 1.165) is 11.8 Å². The van der Waals surface area contributed by atoms with Crippen LogP contribution in [-0.2, 0) is 11.3 Å². The van der Waals surface area contributed by atoms with Gasteiger partial charge in [0.15, 0.2) is 0 Å². The topological polar surface area (TPSA) is 22.0 Å². The molecule has 0 saturated heterocycles. The lowest BCUT2D eigenvalue weighted by molar-refractivity contribution is -0.108. The van der Waals surface area contributed by atoms with Crippen molar-refractivity contribution in [1.82, 2.24) is 4.57 Å². The van der Waals surface area contributed by atoms with Gasteiger partial charge >= 0.3 is 0 Å². The van der Waals surface area contributed by atoms with E-state index < -0.39 is 0 Å². The van der Waals surface area contributed by atoms with Crippen LogP contribution in [0.2, 0.25) is 0 Å². The van der Waals surface area contributed by atoms with Crippen LogP contribution < -0.4 is 0 Å². The van der Waals surface area contributed by atoms with Crippen LogP contribution in [0.4, 0.5) is 0 Å². The predicted molar refractivity (Wildman–Crippen MR) is 57.5 cm³/mol. The van der Waals surface area contributed by atoms with Gasteiger partial charge in [-0.3, -0.25) is 0 Å². The highest BCUT2D eigenvalue weighted by atomic mass is 16.1. The normalized spacial score (nSPS) is 10.7. The van der Waals surface area contributed by atoms with Gasteiger partial charge in [0, 0.05) is 17.1 Å². The van der Waals surface area contributed by atoms with Crippen LogP contribution in [0.3, 0.4) is 0 Å². The molecule has 0 radical (unpaired) electrons. The summed E-state index contributed by atoms with van der Waals surface area (Å²) in [6, 6.07) is 6.30. The molecule has 0 fully saturated rings. The Morgan fingerprint density at radius 2 is 2.14 bits per heavy atom. The highest BCUT2D eigenvalue weighted by molar-refractivity contribution is 5.85. The van der Waals surface area contributed by atoms with Crippen LogP contribution in [0.15, 0.2) is 24.4 Å². The molecule has 1 aromatic carbocycles. The summed E-state index contributed by atoms with van der Waals surface area (Å²) in [4.78, 5) is 10.5. The molecule has 0 amide bonds. The molecule has 0 aliphatic rings. The number of carbonyl (C=O) groups excluding carboxylic acids is 1. The second kappa shape index (κ2) is 3.29. The third-order valence-corrected chi connectivity index (χ3v) is 2.51. The van der Waals surface area contributed by atoms with Gasteiger partial charge in [-0.15, -0.1) is 0 Å². The van der Waals surface area contributed by atoms with E-state index in [0.29, 0.717) is 6.54 Å². The molecule has 1 heterocycles. The number of aryl methyl sites for hydroxylation is 2. The van der Waals surface area contributed by atoms with Crippen LogP contribution in [0.5, 0.6) is 0 Å². The highest BCUT2D eigenvalue weighted by Crippen LogP contribution is 2.21. The van der Waals surface area contributed by atoms with Crippen molar-refractivity contribution in [3.63, 3.8) is 0 Å². The maximum atomic E-state index is 10.5. The molecule has 1 aromatic heterocycles. The Bertz CT molecular complexity index is 482. The monoisotopic (exact) mass is 187 g/mol. The Labute approximate surface area is 83.2 Å². The average Bonchev–Trinajstić information content (AvgIpc) is 2.44. The van der Waals surface area contributed by atoms with Gasteiger partial charge in [-0.1, -0.05) is 11.6 Å². The zero-order chi connectivity index (χ0) is 10.1. The van der Waals surface area contributed by atoms with Crippen molar-refractivity contribution in [3.05, 3.63) is 35.5 Å². The van der Waals surface area contributed by atoms with Crippen molar-refractivity contribution in [1.29, 1.82) is 0 Å². The largest absolute Gasteiger partial charge is 0.340 e. The van der Waals surface area contributed by atoms with E-state index in [4.69, 9.17) is 0 Å². The number of fused-ring (bicyclic) bond motifs is 1. The first-order chi connectivity index (χ1) is 6.72. The summed E-state index contributed by atoms with van der Waals surface area (Å²) in [6.45, 7) is 4.59. The number of carbonyl (C=O) groups is 1. The zero-order valence-corrected chi connectivity index (χ0v) is 8.45. The van der Waals surface area contributed by atoms with E-state index in [-0.39, 0.29) is 0 Å². The van der Waals surface area contributed by atoms with Gasteiger partial charge < -0.3 is 9.36 Å². The summed E-state index contributed by atoms with van der Waals surface area (Å²) < 4.78 is 1.98. The molecule has 2 nitrogen and oxygen atoms in total. The minimum Gasteiger partial charge on any atom is -0.340 e. The van der Waals surface area contributed by atoms with Crippen LogP contribution >= 0.6 is 0 Å². The van der Waals surface area contributed by atoms with Crippen LogP contribution in [0, 0.1) is 13.8 Å². The maximum absolute atomic E-state index is 10.5. The molecule has 0 bridgehead atoms. The Kier molecular flexibility index (Phi) is 2.12. The molecule has 14 heavy (non-hydrogen) atoms. The van der Waals surface area contributed by atoms with E-state index >= 15 is 0 Å². The third-order valence-electron chi connectivity index (χ3n) is 2.51. The van der Waals surface area contributed by atoms with Crippen molar-refractivity contribution in [2.75, 3.05) is 0 Å². The quantitative estimate of drug-likeness (QED) is 0.662. The molecule has 2 heteroatoms. The van der Waals surface area contributed by atoms with E-state index in [1.54, 1.807) is 0 Å². The minimum absolute atomic E-state index is 0.438. The van der Waals surface area contributed by atoms with Gasteiger partial charge in [-0.2, -0.15) is 0 Å². The number of hydrogen-bond acceptors (Lipinski definition) is 1. The first kappa shape index (κ1) is 9.00. The van der Waals surface area contributed by atoms with Crippen molar-refractivity contribution < 1.29 is 4.79 Å². The first-order valence-electron chi connectivity index (χ1n) is 4.72. The summed E-state index contributed by atoms with van der Waals surface area (Å²) in [5.41, 5.74) is 3.62. The molecule has 2 rings (SSSR count). The Morgan fingerprint density at radius 1 is 1.36 bits per heavy atom. The fourth-order valence-electron chi connectivity index (χ4n) is 1.82. The molecule has 0 saturated carbocycles. The molecular formula is C12H13NO. The average molecular weight is 187 g/mol. The molecule has 72 valence electrons. The van der Waals surface area contributed by atoms with Crippen LogP contribution in [0.25, 0.3) is 10.9 Å². The zero-order valence-electron chi connectivity index (χ0n) is 8.45. The lowest BCUT2D eigenvalue weighted by Crippen LogP contribution is -1.95. The fourth-order valence-corrected chi connectivity index (χ4v) is 1.82. The van der Waals surface area contributed by atoms with Gasteiger partial charge in [-0.05, 0) is 31.5 Å². The number of nitrogens with zero attached hydrogens (tertiary/aromatic N) is 1. The second-order valence-electron chi connectivity index (χ2n) is 3.65. The molecule has 0 unspecified atom stereocenters. The van der Waals surface area contributed by atoms with Crippen molar-refractivity contribution in [3.8, 4) is 0 Å². The molecule has 2 aromatic rings. The molecular weight excluding hydrogens is 174 g/mol. The first-order valence-corrected chi connectivity index (χ1v) is 4.72. The molecule has 0 N–H and O–H groups in total. The number of benzene rings is 1. The molecule has 0 aliphatic carbocycles. The number of rotatable bonds is 2. The van der Waals surface area contributed by atoms with Gasteiger partial charge in [0.05, 0.1) is 6.54 Å². The number of aromatic nitrogens is 1. The fraction of sp³-hybridized carbons (Fsp3) is 0.250. The molecule has 0 aliphatic heterocycles. The third kappa shape index (κ3) is 1.33. The summed E-state index contributed by atoms with van der Waals surface area (Å²) >= 11 is 0. The van der Waals surface area contributed by atoms with Crippen LogP contribution in [0.1, 0.15) is 11.1 Å². The maximum Gasteiger partial charge on any atom is 0.139 e. The lowest BCUT2D eigenvalue weighted by atomic mass is 10.1. The number of hydrogen-bond donors (Lipinski definition) is 0. The predicted octanol–water partition coefficient (Wildman–Crippen LogP) is 2.46. The SMILES string of the molecule is Cc1ccc2c(c1)c(C)cn2CC=O. The standard InChI is InChI=1S/C12H13NO/c1-9-3-4-12-11(7-9)10(2)8-13(12)5-6-14/h3-4,6-8H,5H2,1-2H3. The summed E-state index contributed by atoms with van der Waals surface area (Å²) in [5.74, 6) is 0. The lowest BCUT2D eigenvalue weighted by Gasteiger charge is -1.99. The molecule has 0 atom stereocenters. The van der Waals surface area contributed by atoms with E-state index in [2.05, 4.69) is 32.0 Å². The summed E-state index contributed by atoms with van der Waals surface area (Å²) in [5, 5.41) is 1.24. The van der Waals surface area contributed by atoms with Gasteiger partial charge in [0.25, 0.3) is 0 Å². The van der Waals surface area contributed by atoms with Gasteiger partial charge in [0.1, 0.15) is 6.29 Å².